The molecule has 0 N–H and O–H groups in total. The molecular weight excluding hydrogens is 436 g/mol. The van der Waals surface area contributed by atoms with Gasteiger partial charge in [0.05, 0.1) is 0 Å². The van der Waals surface area contributed by atoms with Gasteiger partial charge in [0.25, 0.3) is 0 Å². The van der Waals surface area contributed by atoms with Crippen molar-refractivity contribution < 1.29 is 62.0 Å². The highest BCUT2D eigenvalue weighted by atomic mass is 16.6. The summed E-state index contributed by atoms with van der Waals surface area (Å²) in [5, 5.41) is 0. The lowest BCUT2D eigenvalue weighted by Gasteiger charge is -2.34. The Balaban J connectivity index is 6.40. The summed E-state index contributed by atoms with van der Waals surface area (Å²) in [6, 6.07) is 0. The predicted octanol–water partition coefficient (Wildman–Crippen LogP) is -0.591. The van der Waals surface area contributed by atoms with E-state index in [1.807, 2.05) is 0 Å². The number of rotatable bonds is 12. The Bertz CT molecular complexity index is 742. The second kappa shape index (κ2) is 13.7. The fourth-order valence-electron chi connectivity index (χ4n) is 2.40. The lowest BCUT2D eigenvalue weighted by atomic mass is 9.99. The van der Waals surface area contributed by atoms with Gasteiger partial charge < -0.3 is 28.4 Å². The Labute approximate surface area is 183 Å². The molecule has 0 radical (unpaired) electrons. The molecule has 0 aliphatic carbocycles. The van der Waals surface area contributed by atoms with Gasteiger partial charge >= 0.3 is 35.8 Å². The molecule has 0 aromatic carbocycles. The summed E-state index contributed by atoms with van der Waals surface area (Å²) >= 11 is 0. The molecule has 13 nitrogen and oxygen atoms in total. The van der Waals surface area contributed by atoms with Gasteiger partial charge in [0.2, 0.25) is 11.9 Å². The molecule has 0 amide bonds. The van der Waals surface area contributed by atoms with Gasteiger partial charge in [-0.2, -0.15) is 0 Å². The maximum atomic E-state index is 12.6. The van der Waals surface area contributed by atoms with Gasteiger partial charge in [0, 0.05) is 41.5 Å². The molecule has 180 valence electrons. The minimum Gasteiger partial charge on any atom is -0.462 e. The number of esters is 6. The van der Waals surface area contributed by atoms with Gasteiger partial charge in [-0.15, -0.1) is 0 Å². The third-order valence-corrected chi connectivity index (χ3v) is 3.39. The number of ketones is 1. The predicted molar refractivity (Wildman–Crippen MR) is 100 cm³/mol. The molecule has 0 aromatic heterocycles. The van der Waals surface area contributed by atoms with Crippen molar-refractivity contribution >= 4 is 41.6 Å². The molecule has 0 saturated carbocycles. The standard InChI is InChI=1S/C19H26O13/c1-9(20)27-7-15(26)17(30-12(4)23)19(32-14(6)25)18(31-13(5)24)16(29-11(3)22)8-28-10(2)21/h16-19H,7-8H2,1-6H3. The van der Waals surface area contributed by atoms with Crippen molar-refractivity contribution in [3.05, 3.63) is 0 Å². The first kappa shape index (κ1) is 28.5. The first-order valence-corrected chi connectivity index (χ1v) is 9.22. The van der Waals surface area contributed by atoms with Crippen LogP contribution in [-0.2, 0) is 62.0 Å². The highest BCUT2D eigenvalue weighted by molar-refractivity contribution is 5.88. The molecule has 0 heterocycles. The van der Waals surface area contributed by atoms with E-state index in [0.29, 0.717) is 0 Å². The lowest BCUT2D eigenvalue weighted by Crippen LogP contribution is -2.55. The van der Waals surface area contributed by atoms with Crippen LogP contribution >= 0.6 is 0 Å². The van der Waals surface area contributed by atoms with Crippen molar-refractivity contribution in [1.82, 2.24) is 0 Å². The van der Waals surface area contributed by atoms with Gasteiger partial charge in [-0.25, -0.2) is 0 Å². The average molecular weight is 462 g/mol. The molecule has 4 unspecified atom stereocenters. The fraction of sp³-hybridized carbons (Fsp3) is 0.632. The van der Waals surface area contributed by atoms with Crippen LogP contribution in [0.15, 0.2) is 0 Å². The maximum absolute atomic E-state index is 12.6. The molecule has 0 aromatic rings. The van der Waals surface area contributed by atoms with Gasteiger partial charge in [-0.1, -0.05) is 0 Å². The number of Topliss-reactive ketones (excluding diaryl/α,β-unsaturated/α-hetero) is 1. The van der Waals surface area contributed by atoms with E-state index in [-0.39, 0.29) is 0 Å². The number of hydrogen-bond acceptors (Lipinski definition) is 13. The minimum absolute atomic E-state index is 0.657. The summed E-state index contributed by atoms with van der Waals surface area (Å²) in [6.45, 7) is 4.41. The molecule has 0 aliphatic heterocycles. The molecule has 32 heavy (non-hydrogen) atoms. The number of carbonyl (C=O) groups is 7. The van der Waals surface area contributed by atoms with Crippen LogP contribution in [-0.4, -0.2) is 79.2 Å². The zero-order valence-electron chi connectivity index (χ0n) is 18.5. The van der Waals surface area contributed by atoms with E-state index in [1.54, 1.807) is 0 Å². The fourth-order valence-corrected chi connectivity index (χ4v) is 2.40. The van der Waals surface area contributed by atoms with Crippen LogP contribution in [0.3, 0.4) is 0 Å². The summed E-state index contributed by atoms with van der Waals surface area (Å²) < 4.78 is 29.6. The normalized spacial score (nSPS) is 13.9. The molecule has 0 aliphatic rings. The molecule has 13 heteroatoms. The van der Waals surface area contributed by atoms with Crippen LogP contribution in [0.5, 0.6) is 0 Å². The smallest absolute Gasteiger partial charge is 0.303 e. The summed E-state index contributed by atoms with van der Waals surface area (Å²) in [5.74, 6) is -6.47. The Morgan fingerprint density at radius 2 is 0.969 bits per heavy atom. The number of carbonyl (C=O) groups excluding carboxylic acids is 7. The first-order chi connectivity index (χ1) is 14.7. The topological polar surface area (TPSA) is 175 Å². The van der Waals surface area contributed by atoms with Crippen molar-refractivity contribution in [1.29, 1.82) is 0 Å². The molecule has 0 bridgehead atoms. The summed E-state index contributed by atoms with van der Waals surface area (Å²) in [6.07, 6.45) is -7.12. The Morgan fingerprint density at radius 1 is 0.531 bits per heavy atom. The van der Waals surface area contributed by atoms with Crippen LogP contribution in [0.4, 0.5) is 0 Å². The van der Waals surface area contributed by atoms with Crippen molar-refractivity contribution in [3.8, 4) is 0 Å². The lowest BCUT2D eigenvalue weighted by molar-refractivity contribution is -0.203. The van der Waals surface area contributed by atoms with Crippen LogP contribution < -0.4 is 0 Å². The van der Waals surface area contributed by atoms with E-state index in [4.69, 9.17) is 23.7 Å². The van der Waals surface area contributed by atoms with Gasteiger partial charge in [0.15, 0.2) is 24.9 Å². The zero-order chi connectivity index (χ0) is 25.0. The summed E-state index contributed by atoms with van der Waals surface area (Å²) in [4.78, 5) is 81.6. The van der Waals surface area contributed by atoms with Crippen LogP contribution in [0, 0.1) is 0 Å². The Hall–Kier alpha value is -3.51. The average Bonchev–Trinajstić information content (AvgIpc) is 2.63. The molecule has 0 saturated heterocycles. The van der Waals surface area contributed by atoms with Crippen LogP contribution in [0.25, 0.3) is 0 Å². The molecule has 0 spiro atoms. The maximum Gasteiger partial charge on any atom is 0.303 e. The number of hydrogen-bond donors (Lipinski definition) is 0. The highest BCUT2D eigenvalue weighted by Gasteiger charge is 2.46. The van der Waals surface area contributed by atoms with E-state index in [1.165, 1.54) is 0 Å². The Kier molecular flexibility index (Phi) is 12.2. The van der Waals surface area contributed by atoms with Gasteiger partial charge in [0.1, 0.15) is 6.61 Å². The van der Waals surface area contributed by atoms with Crippen molar-refractivity contribution in [2.75, 3.05) is 13.2 Å². The second-order valence-electron chi connectivity index (χ2n) is 6.38. The van der Waals surface area contributed by atoms with Crippen molar-refractivity contribution in [2.45, 2.75) is 66.0 Å². The van der Waals surface area contributed by atoms with Gasteiger partial charge in [-0.05, 0) is 0 Å². The third kappa shape index (κ3) is 11.6. The van der Waals surface area contributed by atoms with E-state index >= 15 is 0 Å². The largest absolute Gasteiger partial charge is 0.462 e. The minimum atomic E-state index is -1.93. The Morgan fingerprint density at radius 3 is 1.38 bits per heavy atom. The summed E-state index contributed by atoms with van der Waals surface area (Å²) in [7, 11) is 0. The van der Waals surface area contributed by atoms with E-state index in [2.05, 4.69) is 4.74 Å². The monoisotopic (exact) mass is 462 g/mol. The van der Waals surface area contributed by atoms with E-state index in [9.17, 15) is 33.6 Å². The second-order valence-corrected chi connectivity index (χ2v) is 6.38. The number of ether oxygens (including phenoxy) is 6. The van der Waals surface area contributed by atoms with Crippen LogP contribution in [0.2, 0.25) is 0 Å². The first-order valence-electron chi connectivity index (χ1n) is 9.22. The zero-order valence-corrected chi connectivity index (χ0v) is 18.5. The van der Waals surface area contributed by atoms with Crippen molar-refractivity contribution in [3.63, 3.8) is 0 Å². The SMILES string of the molecule is CC(=O)OCC(=O)C(OC(C)=O)C(OC(C)=O)C(OC(C)=O)C(COC(C)=O)OC(C)=O. The molecule has 4 atom stereocenters. The molecule has 0 rings (SSSR count). The summed E-state index contributed by atoms with van der Waals surface area (Å²) in [5.41, 5.74) is 0. The quantitative estimate of drug-likeness (QED) is 0.266. The third-order valence-electron chi connectivity index (χ3n) is 3.39. The van der Waals surface area contributed by atoms with Crippen molar-refractivity contribution in [2.24, 2.45) is 0 Å². The highest BCUT2D eigenvalue weighted by Crippen LogP contribution is 2.21. The molecule has 0 fully saturated rings. The van der Waals surface area contributed by atoms with Crippen LogP contribution in [0.1, 0.15) is 41.5 Å². The molecular formula is C19H26O13. The van der Waals surface area contributed by atoms with E-state index in [0.717, 1.165) is 41.5 Å². The van der Waals surface area contributed by atoms with E-state index < -0.39 is 79.2 Å². The van der Waals surface area contributed by atoms with Gasteiger partial charge in [-0.3, -0.25) is 33.6 Å².